The molecule has 0 aliphatic rings. The van der Waals surface area contributed by atoms with Crippen molar-refractivity contribution in [1.29, 1.82) is 0 Å². The number of fused-ring (bicyclic) bond motifs is 1. The van der Waals surface area contributed by atoms with E-state index in [0.29, 0.717) is 12.5 Å². The van der Waals surface area contributed by atoms with Gasteiger partial charge in [0.25, 0.3) is 0 Å². The van der Waals surface area contributed by atoms with Crippen molar-refractivity contribution < 1.29 is 4.79 Å². The molecule has 6 heteroatoms. The summed E-state index contributed by atoms with van der Waals surface area (Å²) in [5.41, 5.74) is 0.937. The Bertz CT molecular complexity index is 768. The Kier molecular flexibility index (Phi) is 8.33. The standard InChI is InChI=1S/C20H28N4O.HI/c1-20(2,3)23-18(25)14-24(5)19(21-4)22-13-15-10-11-16-8-6-7-9-17(16)12-15;/h6-12H,13-14H2,1-5H3,(H,21,22)(H,23,25);1H. The number of nitrogens with one attached hydrogen (secondary N) is 2. The smallest absolute Gasteiger partial charge is 0.240 e. The van der Waals surface area contributed by atoms with E-state index in [1.807, 2.05) is 44.9 Å². The second-order valence-electron chi connectivity index (χ2n) is 7.24. The molecule has 0 spiro atoms. The summed E-state index contributed by atoms with van der Waals surface area (Å²) in [5.74, 6) is 0.667. The van der Waals surface area contributed by atoms with Gasteiger partial charge in [0, 0.05) is 26.2 Å². The van der Waals surface area contributed by atoms with Crippen molar-refractivity contribution in [3.8, 4) is 0 Å². The van der Waals surface area contributed by atoms with Crippen LogP contribution in [0.5, 0.6) is 0 Å². The van der Waals surface area contributed by atoms with Crippen LogP contribution in [-0.2, 0) is 11.3 Å². The summed E-state index contributed by atoms with van der Waals surface area (Å²) < 4.78 is 0. The topological polar surface area (TPSA) is 56.7 Å². The van der Waals surface area contributed by atoms with Gasteiger partial charge in [-0.2, -0.15) is 0 Å². The zero-order valence-electron chi connectivity index (χ0n) is 16.2. The third-order valence-electron chi connectivity index (χ3n) is 3.73. The molecule has 2 rings (SSSR count). The molecular formula is C20H29IN4O. The lowest BCUT2D eigenvalue weighted by molar-refractivity contribution is -0.122. The van der Waals surface area contributed by atoms with Crippen LogP contribution >= 0.6 is 24.0 Å². The van der Waals surface area contributed by atoms with Crippen LogP contribution in [0.15, 0.2) is 47.5 Å². The minimum Gasteiger partial charge on any atom is -0.352 e. The summed E-state index contributed by atoms with van der Waals surface area (Å²) in [6, 6.07) is 14.7. The fourth-order valence-electron chi connectivity index (χ4n) is 2.66. The first-order valence-electron chi connectivity index (χ1n) is 8.49. The van der Waals surface area contributed by atoms with E-state index in [4.69, 9.17) is 0 Å². The first-order chi connectivity index (χ1) is 11.8. The number of hydrogen-bond acceptors (Lipinski definition) is 2. The second kappa shape index (κ2) is 9.75. The summed E-state index contributed by atoms with van der Waals surface area (Å²) in [5, 5.41) is 8.72. The van der Waals surface area contributed by atoms with Gasteiger partial charge in [-0.1, -0.05) is 36.4 Å². The normalized spacial score (nSPS) is 11.7. The van der Waals surface area contributed by atoms with Gasteiger partial charge in [-0.3, -0.25) is 9.79 Å². The van der Waals surface area contributed by atoms with E-state index >= 15 is 0 Å². The van der Waals surface area contributed by atoms with Gasteiger partial charge in [-0.15, -0.1) is 24.0 Å². The van der Waals surface area contributed by atoms with Gasteiger partial charge in [0.05, 0.1) is 6.54 Å². The Labute approximate surface area is 173 Å². The van der Waals surface area contributed by atoms with E-state index in [0.717, 1.165) is 0 Å². The molecule has 2 N–H and O–H groups in total. The number of nitrogens with zero attached hydrogens (tertiary/aromatic N) is 2. The highest BCUT2D eigenvalue weighted by molar-refractivity contribution is 14.0. The van der Waals surface area contributed by atoms with E-state index in [1.165, 1.54) is 16.3 Å². The molecule has 0 aromatic heterocycles. The summed E-state index contributed by atoms with van der Waals surface area (Å²) in [6.07, 6.45) is 0. The third kappa shape index (κ3) is 6.82. The fourth-order valence-corrected chi connectivity index (χ4v) is 2.66. The van der Waals surface area contributed by atoms with Crippen LogP contribution in [0.25, 0.3) is 10.8 Å². The summed E-state index contributed by atoms with van der Waals surface area (Å²) >= 11 is 0. The van der Waals surface area contributed by atoms with Crippen LogP contribution in [0.1, 0.15) is 26.3 Å². The van der Waals surface area contributed by atoms with Crippen molar-refractivity contribution in [2.45, 2.75) is 32.9 Å². The van der Waals surface area contributed by atoms with Gasteiger partial charge < -0.3 is 15.5 Å². The molecule has 0 bridgehead atoms. The summed E-state index contributed by atoms with van der Waals surface area (Å²) in [7, 11) is 3.58. The van der Waals surface area contributed by atoms with Gasteiger partial charge in [0.15, 0.2) is 5.96 Å². The first kappa shape index (κ1) is 22.2. The van der Waals surface area contributed by atoms with Crippen molar-refractivity contribution in [2.24, 2.45) is 4.99 Å². The lowest BCUT2D eigenvalue weighted by Gasteiger charge is -2.25. The molecule has 0 saturated heterocycles. The van der Waals surface area contributed by atoms with E-state index in [9.17, 15) is 4.79 Å². The average molecular weight is 468 g/mol. The molecular weight excluding hydrogens is 439 g/mol. The number of amides is 1. The molecule has 0 aliphatic heterocycles. The number of carbonyl (C=O) groups is 1. The number of guanidine groups is 1. The molecule has 142 valence electrons. The van der Waals surface area contributed by atoms with Crippen molar-refractivity contribution >= 4 is 46.6 Å². The maximum absolute atomic E-state index is 12.1. The van der Waals surface area contributed by atoms with Crippen molar-refractivity contribution in [3.63, 3.8) is 0 Å². The Hall–Kier alpha value is -1.83. The number of carbonyl (C=O) groups excluding carboxylic acids is 1. The lowest BCUT2D eigenvalue weighted by Crippen LogP contribution is -2.48. The number of likely N-dealkylation sites (N-methyl/N-ethyl adjacent to an activating group) is 1. The van der Waals surface area contributed by atoms with E-state index < -0.39 is 0 Å². The zero-order chi connectivity index (χ0) is 18.4. The highest BCUT2D eigenvalue weighted by Crippen LogP contribution is 2.15. The Morgan fingerprint density at radius 1 is 1.12 bits per heavy atom. The minimum absolute atomic E-state index is 0. The van der Waals surface area contributed by atoms with Crippen molar-refractivity contribution in [3.05, 3.63) is 48.0 Å². The number of hydrogen-bond donors (Lipinski definition) is 2. The van der Waals surface area contributed by atoms with Gasteiger partial charge in [0.1, 0.15) is 0 Å². The summed E-state index contributed by atoms with van der Waals surface area (Å²) in [6.45, 7) is 6.82. The molecule has 0 atom stereocenters. The monoisotopic (exact) mass is 468 g/mol. The number of rotatable bonds is 4. The summed E-state index contributed by atoms with van der Waals surface area (Å²) in [4.78, 5) is 18.2. The van der Waals surface area contributed by atoms with Crippen LogP contribution in [0.4, 0.5) is 0 Å². The third-order valence-corrected chi connectivity index (χ3v) is 3.73. The van der Waals surface area contributed by atoms with Crippen LogP contribution in [0.2, 0.25) is 0 Å². The first-order valence-corrected chi connectivity index (χ1v) is 8.49. The van der Waals surface area contributed by atoms with Gasteiger partial charge in [-0.05, 0) is 43.2 Å². The molecule has 0 aliphatic carbocycles. The van der Waals surface area contributed by atoms with E-state index in [2.05, 4.69) is 46.0 Å². The second-order valence-corrected chi connectivity index (χ2v) is 7.24. The van der Waals surface area contributed by atoms with Crippen LogP contribution in [0, 0.1) is 0 Å². The molecule has 0 radical (unpaired) electrons. The fraction of sp³-hybridized carbons (Fsp3) is 0.400. The lowest BCUT2D eigenvalue weighted by atomic mass is 10.1. The van der Waals surface area contributed by atoms with Crippen molar-refractivity contribution in [2.75, 3.05) is 20.6 Å². The Balaban J connectivity index is 0.00000338. The molecule has 0 saturated carbocycles. The predicted molar refractivity (Wildman–Crippen MR) is 120 cm³/mol. The zero-order valence-corrected chi connectivity index (χ0v) is 18.5. The number of benzene rings is 2. The largest absolute Gasteiger partial charge is 0.352 e. The molecule has 0 fully saturated rings. The maximum Gasteiger partial charge on any atom is 0.240 e. The van der Waals surface area contributed by atoms with Crippen molar-refractivity contribution in [1.82, 2.24) is 15.5 Å². The number of aliphatic imine (C=N–C) groups is 1. The molecule has 0 unspecified atom stereocenters. The maximum atomic E-state index is 12.1. The predicted octanol–water partition coefficient (Wildman–Crippen LogP) is 3.38. The van der Waals surface area contributed by atoms with Gasteiger partial charge in [-0.25, -0.2) is 0 Å². The molecule has 0 heterocycles. The average Bonchev–Trinajstić information content (AvgIpc) is 2.53. The van der Waals surface area contributed by atoms with Crippen LogP contribution in [0.3, 0.4) is 0 Å². The molecule has 26 heavy (non-hydrogen) atoms. The van der Waals surface area contributed by atoms with E-state index in [-0.39, 0.29) is 42.0 Å². The Morgan fingerprint density at radius 3 is 2.38 bits per heavy atom. The SMILES string of the molecule is CN=C(NCc1ccc2ccccc2c1)N(C)CC(=O)NC(C)(C)C.I. The highest BCUT2D eigenvalue weighted by atomic mass is 127. The van der Waals surface area contributed by atoms with Crippen LogP contribution in [-0.4, -0.2) is 42.9 Å². The van der Waals surface area contributed by atoms with Crippen LogP contribution < -0.4 is 10.6 Å². The van der Waals surface area contributed by atoms with Gasteiger partial charge in [0.2, 0.25) is 5.91 Å². The minimum atomic E-state index is -0.236. The molecule has 2 aromatic rings. The molecule has 2 aromatic carbocycles. The van der Waals surface area contributed by atoms with E-state index in [1.54, 1.807) is 7.05 Å². The quantitative estimate of drug-likeness (QED) is 0.411. The Morgan fingerprint density at radius 2 is 1.77 bits per heavy atom. The molecule has 5 nitrogen and oxygen atoms in total. The number of halogens is 1. The van der Waals surface area contributed by atoms with Gasteiger partial charge >= 0.3 is 0 Å². The highest BCUT2D eigenvalue weighted by Gasteiger charge is 2.16. The molecule has 1 amide bonds.